The van der Waals surface area contributed by atoms with Gasteiger partial charge in [-0.2, -0.15) is 0 Å². The summed E-state index contributed by atoms with van der Waals surface area (Å²) in [6.07, 6.45) is 0. The fourth-order valence-electron chi connectivity index (χ4n) is 2.32. The van der Waals surface area contributed by atoms with Gasteiger partial charge in [-0.1, -0.05) is 18.2 Å². The number of anilines is 2. The van der Waals surface area contributed by atoms with Crippen LogP contribution in [0.3, 0.4) is 0 Å². The first-order chi connectivity index (χ1) is 8.24. The highest BCUT2D eigenvalue weighted by Crippen LogP contribution is 2.32. The van der Waals surface area contributed by atoms with Gasteiger partial charge in [0.1, 0.15) is 5.75 Å². The zero-order chi connectivity index (χ0) is 11.8. The number of phenols is 1. The Kier molecular flexibility index (Phi) is 2.18. The normalized spacial score (nSPS) is 13.8. The Hall–Kier alpha value is -2.16. The van der Waals surface area contributed by atoms with Crippen LogP contribution in [0.2, 0.25) is 0 Å². The molecule has 0 atom stereocenters. The lowest BCUT2D eigenvalue weighted by molar-refractivity contribution is 0.475. The lowest BCUT2D eigenvalue weighted by atomic mass is 10.1. The van der Waals surface area contributed by atoms with Crippen molar-refractivity contribution >= 4 is 11.4 Å². The molecular formula is C14H14N2O. The van der Waals surface area contributed by atoms with Crippen LogP contribution in [0.1, 0.15) is 11.1 Å². The van der Waals surface area contributed by atoms with E-state index in [1.54, 1.807) is 12.1 Å². The predicted octanol–water partition coefficient (Wildman–Crippen LogP) is 2.49. The van der Waals surface area contributed by atoms with Crippen LogP contribution in [0, 0.1) is 0 Å². The number of benzene rings is 2. The molecule has 0 saturated heterocycles. The van der Waals surface area contributed by atoms with Gasteiger partial charge >= 0.3 is 0 Å². The quantitative estimate of drug-likeness (QED) is 0.734. The first-order valence-corrected chi connectivity index (χ1v) is 5.64. The number of hydrogen-bond acceptors (Lipinski definition) is 3. The summed E-state index contributed by atoms with van der Waals surface area (Å²) in [4.78, 5) is 2.21. The molecular weight excluding hydrogens is 212 g/mol. The summed E-state index contributed by atoms with van der Waals surface area (Å²) in [5, 5.41) is 9.49. The third-order valence-electron chi connectivity index (χ3n) is 3.21. The van der Waals surface area contributed by atoms with E-state index in [4.69, 9.17) is 5.73 Å². The number of fused-ring (bicyclic) bond motifs is 1. The minimum Gasteiger partial charge on any atom is -0.508 e. The molecule has 1 aliphatic rings. The van der Waals surface area contributed by atoms with Crippen molar-refractivity contribution < 1.29 is 5.11 Å². The fourth-order valence-corrected chi connectivity index (χ4v) is 2.32. The lowest BCUT2D eigenvalue weighted by Gasteiger charge is -2.17. The largest absolute Gasteiger partial charge is 0.508 e. The zero-order valence-corrected chi connectivity index (χ0v) is 9.43. The Balaban J connectivity index is 1.94. The molecule has 0 spiro atoms. The number of aromatic hydroxyl groups is 1. The van der Waals surface area contributed by atoms with Crippen molar-refractivity contribution in [2.45, 2.75) is 13.1 Å². The third-order valence-corrected chi connectivity index (χ3v) is 3.21. The van der Waals surface area contributed by atoms with E-state index in [-0.39, 0.29) is 0 Å². The van der Waals surface area contributed by atoms with Crippen LogP contribution in [-0.2, 0) is 13.1 Å². The summed E-state index contributed by atoms with van der Waals surface area (Å²) in [7, 11) is 0. The molecule has 0 radical (unpaired) electrons. The van der Waals surface area contributed by atoms with Crippen molar-refractivity contribution in [2.75, 3.05) is 10.6 Å². The summed E-state index contributed by atoms with van der Waals surface area (Å²) < 4.78 is 0. The maximum atomic E-state index is 9.49. The second-order valence-corrected chi connectivity index (χ2v) is 4.36. The number of nitrogen functional groups attached to an aromatic ring is 1. The zero-order valence-electron chi connectivity index (χ0n) is 9.43. The Morgan fingerprint density at radius 3 is 2.65 bits per heavy atom. The van der Waals surface area contributed by atoms with Crippen LogP contribution in [0.4, 0.5) is 11.4 Å². The fraction of sp³-hybridized carbons (Fsp3) is 0.143. The van der Waals surface area contributed by atoms with Gasteiger partial charge in [0, 0.05) is 30.5 Å². The van der Waals surface area contributed by atoms with Crippen LogP contribution in [-0.4, -0.2) is 5.11 Å². The molecule has 0 fully saturated rings. The first-order valence-electron chi connectivity index (χ1n) is 5.64. The molecule has 0 saturated carbocycles. The molecule has 3 rings (SSSR count). The SMILES string of the molecule is Nc1cccc2c1CN(c1cccc(O)c1)C2. The van der Waals surface area contributed by atoms with Crippen LogP contribution in [0.5, 0.6) is 5.75 Å². The molecule has 3 heteroatoms. The second kappa shape index (κ2) is 3.70. The van der Waals surface area contributed by atoms with E-state index in [1.807, 2.05) is 24.3 Å². The van der Waals surface area contributed by atoms with Gasteiger partial charge in [0.2, 0.25) is 0 Å². The molecule has 1 heterocycles. The minimum atomic E-state index is 0.298. The lowest BCUT2D eigenvalue weighted by Crippen LogP contribution is -2.14. The minimum absolute atomic E-state index is 0.298. The van der Waals surface area contributed by atoms with E-state index < -0.39 is 0 Å². The van der Waals surface area contributed by atoms with Crippen molar-refractivity contribution in [2.24, 2.45) is 0 Å². The standard InChI is InChI=1S/C14H14N2O/c15-14-6-1-3-10-8-16(9-13(10)14)11-4-2-5-12(17)7-11/h1-7,17H,8-9,15H2. The number of rotatable bonds is 1. The molecule has 2 aromatic carbocycles. The van der Waals surface area contributed by atoms with Crippen molar-refractivity contribution in [3.05, 3.63) is 53.6 Å². The second-order valence-electron chi connectivity index (χ2n) is 4.36. The van der Waals surface area contributed by atoms with Gasteiger partial charge in [-0.05, 0) is 29.3 Å². The van der Waals surface area contributed by atoms with Gasteiger partial charge in [-0.15, -0.1) is 0 Å². The average Bonchev–Trinajstić information content (AvgIpc) is 2.74. The summed E-state index contributed by atoms with van der Waals surface area (Å²) in [6.45, 7) is 1.66. The summed E-state index contributed by atoms with van der Waals surface area (Å²) in [5.74, 6) is 0.298. The molecule has 0 unspecified atom stereocenters. The Labute approximate surface area is 100 Å². The maximum absolute atomic E-state index is 9.49. The monoisotopic (exact) mass is 226 g/mol. The average molecular weight is 226 g/mol. The predicted molar refractivity (Wildman–Crippen MR) is 68.8 cm³/mol. The van der Waals surface area contributed by atoms with Crippen molar-refractivity contribution in [1.29, 1.82) is 0 Å². The number of nitrogens with zero attached hydrogens (tertiary/aromatic N) is 1. The molecule has 0 aliphatic carbocycles. The van der Waals surface area contributed by atoms with Crippen LogP contribution in [0.25, 0.3) is 0 Å². The summed E-state index contributed by atoms with van der Waals surface area (Å²) in [6, 6.07) is 13.3. The Morgan fingerprint density at radius 2 is 1.88 bits per heavy atom. The summed E-state index contributed by atoms with van der Waals surface area (Å²) >= 11 is 0. The molecule has 2 aromatic rings. The Bertz CT molecular complexity index is 566. The molecule has 0 aromatic heterocycles. The molecule has 1 aliphatic heterocycles. The van der Waals surface area contributed by atoms with Crippen molar-refractivity contribution in [1.82, 2.24) is 0 Å². The highest BCUT2D eigenvalue weighted by molar-refractivity contribution is 5.60. The smallest absolute Gasteiger partial charge is 0.117 e. The van der Waals surface area contributed by atoms with Crippen LogP contribution in [0.15, 0.2) is 42.5 Å². The van der Waals surface area contributed by atoms with E-state index >= 15 is 0 Å². The van der Waals surface area contributed by atoms with Crippen molar-refractivity contribution in [3.63, 3.8) is 0 Å². The molecule has 86 valence electrons. The Morgan fingerprint density at radius 1 is 1.06 bits per heavy atom. The van der Waals surface area contributed by atoms with Crippen LogP contribution < -0.4 is 10.6 Å². The van der Waals surface area contributed by atoms with Crippen molar-refractivity contribution in [3.8, 4) is 5.75 Å². The molecule has 3 nitrogen and oxygen atoms in total. The summed E-state index contributed by atoms with van der Waals surface area (Å²) in [5.41, 5.74) is 10.3. The highest BCUT2D eigenvalue weighted by atomic mass is 16.3. The van der Waals surface area contributed by atoms with Gasteiger partial charge in [-0.3, -0.25) is 0 Å². The number of phenolic OH excluding ortho intramolecular Hbond substituents is 1. The van der Waals surface area contributed by atoms with E-state index in [0.29, 0.717) is 5.75 Å². The van der Waals surface area contributed by atoms with Gasteiger partial charge < -0.3 is 15.7 Å². The molecule has 3 N–H and O–H groups in total. The van der Waals surface area contributed by atoms with E-state index in [1.165, 1.54) is 11.1 Å². The van der Waals surface area contributed by atoms with E-state index in [9.17, 15) is 5.11 Å². The first kappa shape index (κ1) is 10.0. The molecule has 0 amide bonds. The van der Waals surface area contributed by atoms with Gasteiger partial charge in [-0.25, -0.2) is 0 Å². The van der Waals surface area contributed by atoms with E-state index in [2.05, 4.69) is 11.0 Å². The topological polar surface area (TPSA) is 49.5 Å². The highest BCUT2D eigenvalue weighted by Gasteiger charge is 2.20. The van der Waals surface area contributed by atoms with Gasteiger partial charge in [0.25, 0.3) is 0 Å². The molecule has 17 heavy (non-hydrogen) atoms. The van der Waals surface area contributed by atoms with Gasteiger partial charge in [0.15, 0.2) is 0 Å². The third kappa shape index (κ3) is 1.69. The maximum Gasteiger partial charge on any atom is 0.117 e. The number of hydrogen-bond donors (Lipinski definition) is 2. The van der Waals surface area contributed by atoms with E-state index in [0.717, 1.165) is 24.5 Å². The number of nitrogens with two attached hydrogens (primary N) is 1. The van der Waals surface area contributed by atoms with Crippen LogP contribution >= 0.6 is 0 Å². The molecule has 0 bridgehead atoms. The van der Waals surface area contributed by atoms with Gasteiger partial charge in [0.05, 0.1) is 0 Å².